The Balaban J connectivity index is 1.84. The first kappa shape index (κ1) is 13.9. The number of fused-ring (bicyclic) bond motifs is 1. The fraction of sp³-hybridized carbons (Fsp3) is 0.389. The van der Waals surface area contributed by atoms with E-state index in [1.54, 1.807) is 0 Å². The van der Waals surface area contributed by atoms with Crippen LogP contribution in [-0.4, -0.2) is 22.3 Å². The van der Waals surface area contributed by atoms with Crippen molar-refractivity contribution in [2.75, 3.05) is 6.54 Å². The molecule has 21 heavy (non-hydrogen) atoms. The van der Waals surface area contributed by atoms with Crippen molar-refractivity contribution in [1.82, 2.24) is 9.88 Å². The molecule has 1 N–H and O–H groups in total. The molecule has 1 aliphatic rings. The number of benzene rings is 1. The van der Waals surface area contributed by atoms with Gasteiger partial charge in [0.1, 0.15) is 0 Å². The van der Waals surface area contributed by atoms with Crippen LogP contribution in [0, 0.1) is 6.92 Å². The van der Waals surface area contributed by atoms with Crippen LogP contribution in [0.2, 0.25) is 0 Å². The van der Waals surface area contributed by atoms with Gasteiger partial charge in [-0.3, -0.25) is 4.79 Å². The molecule has 110 valence electrons. The van der Waals surface area contributed by atoms with E-state index in [1.807, 2.05) is 4.90 Å². The third-order valence-electron chi connectivity index (χ3n) is 4.64. The van der Waals surface area contributed by atoms with Crippen LogP contribution in [0.1, 0.15) is 37.8 Å². The molecule has 3 heteroatoms. The van der Waals surface area contributed by atoms with Gasteiger partial charge in [-0.05, 0) is 50.8 Å². The molecule has 0 radical (unpaired) electrons. The molecule has 0 bridgehead atoms. The van der Waals surface area contributed by atoms with Crippen LogP contribution in [0.15, 0.2) is 35.7 Å². The van der Waals surface area contributed by atoms with Crippen molar-refractivity contribution >= 4 is 16.8 Å². The van der Waals surface area contributed by atoms with Crippen molar-refractivity contribution in [3.8, 4) is 0 Å². The van der Waals surface area contributed by atoms with Gasteiger partial charge in [0.15, 0.2) is 0 Å². The summed E-state index contributed by atoms with van der Waals surface area (Å²) in [7, 11) is 0. The summed E-state index contributed by atoms with van der Waals surface area (Å²) in [6.45, 7) is 7.10. The maximum atomic E-state index is 12.1. The number of aryl methyl sites for hydroxylation is 1. The van der Waals surface area contributed by atoms with Crippen LogP contribution < -0.4 is 0 Å². The number of H-pyrrole nitrogens is 1. The molecular weight excluding hydrogens is 260 g/mol. The number of nitrogens with one attached hydrogen (secondary N) is 1. The van der Waals surface area contributed by atoms with Crippen molar-refractivity contribution in [3.63, 3.8) is 0 Å². The summed E-state index contributed by atoms with van der Waals surface area (Å²) in [6.07, 6.45) is 4.53. The molecule has 2 heterocycles. The monoisotopic (exact) mass is 282 g/mol. The van der Waals surface area contributed by atoms with E-state index in [4.69, 9.17) is 0 Å². The van der Waals surface area contributed by atoms with Crippen LogP contribution in [0.4, 0.5) is 0 Å². The highest BCUT2D eigenvalue weighted by Gasteiger charge is 2.22. The minimum atomic E-state index is 0.259. The number of allylic oxidation sites excluding steroid dienone is 2. The average molecular weight is 282 g/mol. The van der Waals surface area contributed by atoms with E-state index in [0.717, 1.165) is 25.1 Å². The van der Waals surface area contributed by atoms with Gasteiger partial charge in [0.2, 0.25) is 5.91 Å². The van der Waals surface area contributed by atoms with Gasteiger partial charge in [-0.15, -0.1) is 0 Å². The number of hydrogen-bond donors (Lipinski definition) is 1. The van der Waals surface area contributed by atoms with E-state index in [1.165, 1.54) is 27.6 Å². The Morgan fingerprint density at radius 2 is 2.00 bits per heavy atom. The molecule has 0 fully saturated rings. The summed E-state index contributed by atoms with van der Waals surface area (Å²) in [5, 5.41) is 1.31. The number of carbonyl (C=O) groups excluding carboxylic acids is 1. The number of amides is 1. The number of carbonyl (C=O) groups is 1. The minimum Gasteiger partial charge on any atom is -0.361 e. The molecule has 1 aliphatic heterocycles. The molecular formula is C18H22N2O. The van der Waals surface area contributed by atoms with E-state index < -0.39 is 0 Å². The fourth-order valence-corrected chi connectivity index (χ4v) is 3.20. The van der Waals surface area contributed by atoms with Crippen molar-refractivity contribution in [2.45, 2.75) is 40.0 Å². The fourth-order valence-electron chi connectivity index (χ4n) is 3.20. The normalized spacial score (nSPS) is 16.1. The van der Waals surface area contributed by atoms with Crippen LogP contribution in [0.3, 0.4) is 0 Å². The Hall–Kier alpha value is -2.03. The van der Waals surface area contributed by atoms with E-state index in [9.17, 15) is 4.79 Å². The Morgan fingerprint density at radius 1 is 1.19 bits per heavy atom. The summed E-state index contributed by atoms with van der Waals surface area (Å²) >= 11 is 0. The van der Waals surface area contributed by atoms with Crippen molar-refractivity contribution < 1.29 is 4.79 Å². The lowest BCUT2D eigenvalue weighted by atomic mass is 10.0. The highest BCUT2D eigenvalue weighted by Crippen LogP contribution is 2.25. The molecule has 0 spiro atoms. The van der Waals surface area contributed by atoms with Gasteiger partial charge in [0.25, 0.3) is 0 Å². The van der Waals surface area contributed by atoms with Crippen LogP contribution >= 0.6 is 0 Å². The second-order valence-electron chi connectivity index (χ2n) is 5.97. The van der Waals surface area contributed by atoms with Gasteiger partial charge in [-0.1, -0.05) is 17.7 Å². The average Bonchev–Trinajstić information content (AvgIpc) is 2.88. The van der Waals surface area contributed by atoms with Crippen LogP contribution in [-0.2, 0) is 11.2 Å². The molecule has 1 aromatic carbocycles. The van der Waals surface area contributed by atoms with Crippen LogP contribution in [0.25, 0.3) is 10.9 Å². The molecule has 3 nitrogen and oxygen atoms in total. The Bertz CT molecular complexity index is 724. The molecule has 0 saturated heterocycles. The van der Waals surface area contributed by atoms with Gasteiger partial charge >= 0.3 is 0 Å². The number of hydrogen-bond acceptors (Lipinski definition) is 1. The molecule has 0 saturated carbocycles. The van der Waals surface area contributed by atoms with Gasteiger partial charge in [-0.25, -0.2) is 0 Å². The first-order valence-corrected chi connectivity index (χ1v) is 7.60. The standard InChI is InChI=1S/C18H22N2O/c1-12-7-8-17(21)20(14(12)3)10-9-15-11-19-16-6-4-5-13(2)18(15)16/h4-6,11,19H,7-10H2,1-3H3. The predicted octanol–water partition coefficient (Wildman–Crippen LogP) is 3.94. The number of rotatable bonds is 3. The van der Waals surface area contributed by atoms with Crippen LogP contribution in [0.5, 0.6) is 0 Å². The minimum absolute atomic E-state index is 0.259. The van der Waals surface area contributed by atoms with Crippen molar-refractivity contribution in [1.29, 1.82) is 0 Å². The molecule has 1 aromatic heterocycles. The van der Waals surface area contributed by atoms with E-state index >= 15 is 0 Å². The summed E-state index contributed by atoms with van der Waals surface area (Å²) < 4.78 is 0. The second-order valence-corrected chi connectivity index (χ2v) is 5.97. The first-order valence-electron chi connectivity index (χ1n) is 7.60. The molecule has 3 rings (SSSR count). The highest BCUT2D eigenvalue weighted by molar-refractivity contribution is 5.86. The van der Waals surface area contributed by atoms with Gasteiger partial charge < -0.3 is 9.88 Å². The smallest absolute Gasteiger partial charge is 0.227 e. The van der Waals surface area contributed by atoms with Gasteiger partial charge in [-0.2, -0.15) is 0 Å². The Kier molecular flexibility index (Phi) is 3.58. The topological polar surface area (TPSA) is 36.1 Å². The van der Waals surface area contributed by atoms with Gasteiger partial charge in [0, 0.05) is 35.8 Å². The number of nitrogens with zero attached hydrogens (tertiary/aromatic N) is 1. The lowest BCUT2D eigenvalue weighted by molar-refractivity contribution is -0.130. The SMILES string of the molecule is CC1=C(C)N(CCc2c[nH]c3cccc(C)c23)C(=O)CC1. The maximum absolute atomic E-state index is 12.1. The third-order valence-corrected chi connectivity index (χ3v) is 4.64. The van der Waals surface area contributed by atoms with Gasteiger partial charge in [0.05, 0.1) is 0 Å². The first-order chi connectivity index (χ1) is 10.1. The van der Waals surface area contributed by atoms with E-state index in [0.29, 0.717) is 6.42 Å². The predicted molar refractivity (Wildman–Crippen MR) is 86.1 cm³/mol. The maximum Gasteiger partial charge on any atom is 0.227 e. The largest absolute Gasteiger partial charge is 0.361 e. The lowest BCUT2D eigenvalue weighted by Crippen LogP contribution is -2.34. The van der Waals surface area contributed by atoms with Crippen molar-refractivity contribution in [2.24, 2.45) is 0 Å². The zero-order chi connectivity index (χ0) is 15.0. The molecule has 0 unspecified atom stereocenters. The summed E-state index contributed by atoms with van der Waals surface area (Å²) in [6, 6.07) is 6.32. The third kappa shape index (κ3) is 2.48. The second kappa shape index (κ2) is 5.40. The Morgan fingerprint density at radius 3 is 2.81 bits per heavy atom. The highest BCUT2D eigenvalue weighted by atomic mass is 16.2. The summed E-state index contributed by atoms with van der Waals surface area (Å²) in [4.78, 5) is 17.4. The summed E-state index contributed by atoms with van der Waals surface area (Å²) in [5.41, 5.74) is 6.25. The molecule has 2 aromatic rings. The zero-order valence-electron chi connectivity index (χ0n) is 13.0. The zero-order valence-corrected chi connectivity index (χ0v) is 13.0. The molecule has 1 amide bonds. The van der Waals surface area contributed by atoms with Crippen molar-refractivity contribution in [3.05, 3.63) is 46.8 Å². The summed E-state index contributed by atoms with van der Waals surface area (Å²) in [5.74, 6) is 0.259. The molecule has 0 aliphatic carbocycles. The molecule has 0 atom stereocenters. The Labute approximate surface area is 125 Å². The quantitative estimate of drug-likeness (QED) is 0.909. The number of aromatic amines is 1. The van der Waals surface area contributed by atoms with E-state index in [-0.39, 0.29) is 5.91 Å². The lowest BCUT2D eigenvalue weighted by Gasteiger charge is -2.29. The van der Waals surface area contributed by atoms with E-state index in [2.05, 4.69) is 50.2 Å². The number of aromatic nitrogens is 1.